The minimum absolute atomic E-state index is 0.202. The molecule has 4 nitrogen and oxygen atoms in total. The SMILES string of the molecule is CC1(C)Cc2cccc(Oc3nsnc3Cl)c2O1. The van der Waals surface area contributed by atoms with Crippen LogP contribution in [0.4, 0.5) is 0 Å². The lowest BCUT2D eigenvalue weighted by Gasteiger charge is -2.17. The largest absolute Gasteiger partial charge is 0.483 e. The summed E-state index contributed by atoms with van der Waals surface area (Å²) in [4.78, 5) is 0. The lowest BCUT2D eigenvalue weighted by atomic mass is 10.0. The number of halogens is 1. The second kappa shape index (κ2) is 4.10. The zero-order valence-corrected chi connectivity index (χ0v) is 11.5. The average Bonchev–Trinajstić information content (AvgIpc) is 2.82. The molecule has 1 aliphatic rings. The number of fused-ring (bicyclic) bond motifs is 1. The first-order valence-electron chi connectivity index (χ1n) is 5.52. The van der Waals surface area contributed by atoms with Crippen LogP contribution < -0.4 is 9.47 Å². The van der Waals surface area contributed by atoms with Crippen molar-refractivity contribution in [2.75, 3.05) is 0 Å². The summed E-state index contributed by atoms with van der Waals surface area (Å²) in [6.45, 7) is 4.10. The van der Waals surface area contributed by atoms with E-state index in [-0.39, 0.29) is 10.8 Å². The monoisotopic (exact) mass is 282 g/mol. The van der Waals surface area contributed by atoms with E-state index in [1.165, 1.54) is 0 Å². The molecule has 0 bridgehead atoms. The Kier molecular flexibility index (Phi) is 2.68. The number of para-hydroxylation sites is 1. The molecule has 18 heavy (non-hydrogen) atoms. The zero-order chi connectivity index (χ0) is 12.8. The number of nitrogens with zero attached hydrogens (tertiary/aromatic N) is 2. The smallest absolute Gasteiger partial charge is 0.271 e. The lowest BCUT2D eigenvalue weighted by molar-refractivity contribution is 0.135. The van der Waals surface area contributed by atoms with Crippen molar-refractivity contribution in [3.63, 3.8) is 0 Å². The van der Waals surface area contributed by atoms with E-state index in [9.17, 15) is 0 Å². The number of benzene rings is 1. The summed E-state index contributed by atoms with van der Waals surface area (Å²) in [5.74, 6) is 1.72. The van der Waals surface area contributed by atoms with Crippen molar-refractivity contribution in [1.82, 2.24) is 8.75 Å². The van der Waals surface area contributed by atoms with Crippen molar-refractivity contribution < 1.29 is 9.47 Å². The van der Waals surface area contributed by atoms with E-state index >= 15 is 0 Å². The first-order valence-corrected chi connectivity index (χ1v) is 6.63. The molecule has 0 amide bonds. The van der Waals surface area contributed by atoms with E-state index in [1.807, 2.05) is 32.0 Å². The zero-order valence-electron chi connectivity index (χ0n) is 9.94. The molecule has 0 atom stereocenters. The van der Waals surface area contributed by atoms with Gasteiger partial charge in [0.05, 0.1) is 11.7 Å². The molecule has 0 N–H and O–H groups in total. The number of rotatable bonds is 2. The average molecular weight is 283 g/mol. The Morgan fingerprint density at radius 3 is 2.94 bits per heavy atom. The summed E-state index contributed by atoms with van der Waals surface area (Å²) in [5.41, 5.74) is 0.933. The second-order valence-corrected chi connectivity index (χ2v) is 5.63. The molecule has 1 aromatic carbocycles. The number of aromatic nitrogens is 2. The van der Waals surface area contributed by atoms with E-state index in [4.69, 9.17) is 21.1 Å². The fraction of sp³-hybridized carbons (Fsp3) is 0.333. The molecule has 1 aromatic heterocycles. The molecule has 0 fully saturated rings. The Labute approximate surface area is 114 Å². The van der Waals surface area contributed by atoms with Crippen LogP contribution in [0.25, 0.3) is 0 Å². The maximum absolute atomic E-state index is 5.90. The van der Waals surface area contributed by atoms with Gasteiger partial charge in [0.2, 0.25) is 5.15 Å². The first kappa shape index (κ1) is 11.7. The minimum Gasteiger partial charge on any atom is -0.483 e. The summed E-state index contributed by atoms with van der Waals surface area (Å²) >= 11 is 6.89. The number of hydrogen-bond acceptors (Lipinski definition) is 5. The van der Waals surface area contributed by atoms with Crippen LogP contribution in [0.1, 0.15) is 19.4 Å². The summed E-state index contributed by atoms with van der Waals surface area (Å²) < 4.78 is 19.4. The van der Waals surface area contributed by atoms with Crippen molar-refractivity contribution >= 4 is 23.3 Å². The number of hydrogen-bond donors (Lipinski definition) is 0. The van der Waals surface area contributed by atoms with Gasteiger partial charge < -0.3 is 9.47 Å². The van der Waals surface area contributed by atoms with Crippen molar-refractivity contribution in [1.29, 1.82) is 0 Å². The van der Waals surface area contributed by atoms with Gasteiger partial charge in [-0.3, -0.25) is 0 Å². The van der Waals surface area contributed by atoms with Gasteiger partial charge in [0.25, 0.3) is 5.88 Å². The molecule has 2 heterocycles. The van der Waals surface area contributed by atoms with E-state index in [1.54, 1.807) is 0 Å². The van der Waals surface area contributed by atoms with E-state index < -0.39 is 0 Å². The molecule has 0 aliphatic carbocycles. The van der Waals surface area contributed by atoms with E-state index in [2.05, 4.69) is 8.75 Å². The molecule has 0 saturated heterocycles. The van der Waals surface area contributed by atoms with Gasteiger partial charge in [-0.05, 0) is 19.9 Å². The number of ether oxygens (including phenoxy) is 2. The van der Waals surface area contributed by atoms with Gasteiger partial charge in [0, 0.05) is 12.0 Å². The van der Waals surface area contributed by atoms with E-state index in [0.717, 1.165) is 29.5 Å². The Morgan fingerprint density at radius 1 is 1.39 bits per heavy atom. The minimum atomic E-state index is -0.202. The van der Waals surface area contributed by atoms with Crippen LogP contribution in [-0.2, 0) is 6.42 Å². The Bertz CT molecular complexity index is 598. The highest BCUT2D eigenvalue weighted by Crippen LogP contribution is 2.43. The summed E-state index contributed by atoms with van der Waals surface area (Å²) in [5, 5.41) is 0.273. The topological polar surface area (TPSA) is 44.2 Å². The van der Waals surface area contributed by atoms with Crippen LogP contribution in [0.2, 0.25) is 5.15 Å². The molecular weight excluding hydrogens is 272 g/mol. The van der Waals surface area contributed by atoms with E-state index in [0.29, 0.717) is 11.6 Å². The Balaban J connectivity index is 1.96. The van der Waals surface area contributed by atoms with Crippen LogP contribution in [0.3, 0.4) is 0 Å². The van der Waals surface area contributed by atoms with Crippen LogP contribution in [0.15, 0.2) is 18.2 Å². The van der Waals surface area contributed by atoms with Crippen molar-refractivity contribution in [2.24, 2.45) is 0 Å². The fourth-order valence-corrected chi connectivity index (χ4v) is 2.61. The molecule has 2 aromatic rings. The van der Waals surface area contributed by atoms with Crippen molar-refractivity contribution in [3.05, 3.63) is 28.9 Å². The normalized spacial score (nSPS) is 16.2. The fourth-order valence-electron chi connectivity index (χ4n) is 2.00. The van der Waals surface area contributed by atoms with Gasteiger partial charge in [0.15, 0.2) is 11.5 Å². The van der Waals surface area contributed by atoms with Crippen molar-refractivity contribution in [3.8, 4) is 17.4 Å². The van der Waals surface area contributed by atoms with Gasteiger partial charge in [-0.25, -0.2) is 0 Å². The van der Waals surface area contributed by atoms with Crippen LogP contribution >= 0.6 is 23.3 Å². The second-order valence-electron chi connectivity index (χ2n) is 4.75. The third kappa shape index (κ3) is 2.04. The van der Waals surface area contributed by atoms with Crippen LogP contribution in [0.5, 0.6) is 17.4 Å². The maximum Gasteiger partial charge on any atom is 0.271 e. The Hall–Kier alpha value is -1.33. The quantitative estimate of drug-likeness (QED) is 0.842. The highest BCUT2D eigenvalue weighted by Gasteiger charge is 2.32. The third-order valence-corrected chi connectivity index (χ3v) is 3.54. The summed E-state index contributed by atoms with van der Waals surface area (Å²) in [7, 11) is 0. The molecule has 6 heteroatoms. The molecule has 94 valence electrons. The summed E-state index contributed by atoms with van der Waals surface area (Å²) in [6.07, 6.45) is 0.864. The molecule has 0 unspecified atom stereocenters. The summed E-state index contributed by atoms with van der Waals surface area (Å²) in [6, 6.07) is 5.82. The maximum atomic E-state index is 5.90. The molecule has 0 spiro atoms. The third-order valence-electron chi connectivity index (χ3n) is 2.68. The Morgan fingerprint density at radius 2 is 2.22 bits per heavy atom. The highest BCUT2D eigenvalue weighted by atomic mass is 35.5. The van der Waals surface area contributed by atoms with Gasteiger partial charge in [0.1, 0.15) is 5.60 Å². The first-order chi connectivity index (χ1) is 8.55. The molecule has 1 aliphatic heterocycles. The van der Waals surface area contributed by atoms with Crippen molar-refractivity contribution in [2.45, 2.75) is 25.9 Å². The predicted octanol–water partition coefficient (Wildman–Crippen LogP) is 3.70. The van der Waals surface area contributed by atoms with Crippen LogP contribution in [-0.4, -0.2) is 14.3 Å². The van der Waals surface area contributed by atoms with Gasteiger partial charge in [-0.2, -0.15) is 4.37 Å². The highest BCUT2D eigenvalue weighted by molar-refractivity contribution is 6.99. The molecule has 3 rings (SSSR count). The standard InChI is InChI=1S/C12H11ClN2O2S/c1-12(2)6-7-4-3-5-8(9(7)17-12)16-11-10(13)14-18-15-11/h3-5H,6H2,1-2H3. The molecule has 0 saturated carbocycles. The predicted molar refractivity (Wildman–Crippen MR) is 69.8 cm³/mol. The van der Waals surface area contributed by atoms with Gasteiger partial charge >= 0.3 is 0 Å². The lowest BCUT2D eigenvalue weighted by Crippen LogP contribution is -2.24. The van der Waals surface area contributed by atoms with Gasteiger partial charge in [-0.1, -0.05) is 23.7 Å². The van der Waals surface area contributed by atoms with Gasteiger partial charge in [-0.15, -0.1) is 4.37 Å². The van der Waals surface area contributed by atoms with Crippen LogP contribution in [0, 0.1) is 0 Å². The molecule has 0 radical (unpaired) electrons. The molecular formula is C12H11ClN2O2S.